The van der Waals surface area contributed by atoms with E-state index < -0.39 is 15.8 Å². The number of hydrogen-bond donors (Lipinski definition) is 1. The lowest BCUT2D eigenvalue weighted by atomic mass is 10.1. The lowest BCUT2D eigenvalue weighted by Crippen LogP contribution is -2.14. The van der Waals surface area contributed by atoms with Crippen LogP contribution in [0.15, 0.2) is 65.6 Å². The first-order chi connectivity index (χ1) is 12.9. The number of benzene rings is 2. The smallest absolute Gasteiger partial charge is 0.261 e. The van der Waals surface area contributed by atoms with E-state index in [1.54, 1.807) is 18.2 Å². The Morgan fingerprint density at radius 3 is 2.37 bits per heavy atom. The van der Waals surface area contributed by atoms with E-state index in [0.717, 1.165) is 0 Å². The summed E-state index contributed by atoms with van der Waals surface area (Å²) in [4.78, 5) is 4.31. The Morgan fingerprint density at radius 1 is 1.11 bits per heavy atom. The van der Waals surface area contributed by atoms with Crippen LogP contribution in [-0.4, -0.2) is 20.5 Å². The number of nitrogens with zero attached hydrogens (tertiary/aromatic N) is 2. The number of pyridine rings is 1. The molecule has 0 aliphatic carbocycles. The van der Waals surface area contributed by atoms with Gasteiger partial charge < -0.3 is 4.74 Å². The summed E-state index contributed by atoms with van der Waals surface area (Å²) >= 11 is 0. The summed E-state index contributed by atoms with van der Waals surface area (Å²) in [5.41, 5.74) is 0.826. The van der Waals surface area contributed by atoms with Crippen molar-refractivity contribution in [3.05, 3.63) is 72.0 Å². The summed E-state index contributed by atoms with van der Waals surface area (Å²) in [5, 5.41) is 9.29. The van der Waals surface area contributed by atoms with Crippen LogP contribution in [0.2, 0.25) is 0 Å². The van der Waals surface area contributed by atoms with Crippen molar-refractivity contribution in [2.75, 3.05) is 11.8 Å². The van der Waals surface area contributed by atoms with Gasteiger partial charge in [-0.15, -0.1) is 0 Å². The minimum atomic E-state index is -3.91. The van der Waals surface area contributed by atoms with E-state index in [1.807, 2.05) is 6.07 Å². The minimum absolute atomic E-state index is 0.0412. The molecule has 0 radical (unpaired) electrons. The van der Waals surface area contributed by atoms with Gasteiger partial charge in [-0.05, 0) is 42.5 Å². The van der Waals surface area contributed by atoms with Gasteiger partial charge in [0.15, 0.2) is 0 Å². The molecule has 1 aromatic heterocycles. The zero-order chi connectivity index (χ0) is 19.4. The molecule has 3 rings (SSSR count). The molecule has 1 heterocycles. The Morgan fingerprint density at radius 2 is 1.78 bits per heavy atom. The third-order valence-electron chi connectivity index (χ3n) is 3.72. The molecule has 27 heavy (non-hydrogen) atoms. The predicted octanol–water partition coefficient (Wildman–Crippen LogP) is 3.57. The highest BCUT2D eigenvalue weighted by atomic mass is 32.2. The van der Waals surface area contributed by atoms with Gasteiger partial charge in [-0.1, -0.05) is 18.2 Å². The fourth-order valence-electron chi connectivity index (χ4n) is 2.44. The molecule has 0 fully saturated rings. The number of sulfonamides is 1. The van der Waals surface area contributed by atoms with E-state index in [4.69, 9.17) is 4.74 Å². The van der Waals surface area contributed by atoms with Crippen molar-refractivity contribution >= 4 is 15.7 Å². The highest BCUT2D eigenvalue weighted by Gasteiger charge is 2.20. The van der Waals surface area contributed by atoms with E-state index >= 15 is 0 Å². The molecule has 8 heteroatoms. The van der Waals surface area contributed by atoms with Gasteiger partial charge in [0.05, 0.1) is 23.4 Å². The van der Waals surface area contributed by atoms with Crippen molar-refractivity contribution in [3.8, 4) is 23.2 Å². The van der Waals surface area contributed by atoms with Crippen molar-refractivity contribution in [1.82, 2.24) is 4.98 Å². The second-order valence-corrected chi connectivity index (χ2v) is 7.16. The van der Waals surface area contributed by atoms with Crippen LogP contribution in [0.4, 0.5) is 10.1 Å². The second-order valence-electron chi connectivity index (χ2n) is 5.48. The zero-order valence-electron chi connectivity index (χ0n) is 14.2. The maximum absolute atomic E-state index is 13.3. The van der Waals surface area contributed by atoms with Crippen LogP contribution >= 0.6 is 0 Å². The SMILES string of the molecule is COc1nc(-c2ccc(F)cc2)c(NS(=O)(=O)c2ccccc2)cc1C#N. The third-order valence-corrected chi connectivity index (χ3v) is 5.10. The number of anilines is 1. The number of nitriles is 1. The van der Waals surface area contributed by atoms with Crippen LogP contribution in [0.3, 0.4) is 0 Å². The second kappa shape index (κ2) is 7.43. The van der Waals surface area contributed by atoms with Gasteiger partial charge in [0.2, 0.25) is 5.88 Å². The maximum Gasteiger partial charge on any atom is 0.261 e. The molecule has 0 saturated heterocycles. The molecule has 0 amide bonds. The normalized spacial score (nSPS) is 10.9. The first-order valence-corrected chi connectivity index (χ1v) is 9.26. The highest BCUT2D eigenvalue weighted by molar-refractivity contribution is 7.92. The quantitative estimate of drug-likeness (QED) is 0.727. The van der Waals surface area contributed by atoms with Crippen LogP contribution in [0.1, 0.15) is 5.56 Å². The Hall–Kier alpha value is -3.44. The number of hydrogen-bond acceptors (Lipinski definition) is 5. The number of methoxy groups -OCH3 is 1. The maximum atomic E-state index is 13.3. The first-order valence-electron chi connectivity index (χ1n) is 7.77. The Balaban J connectivity index is 2.16. The van der Waals surface area contributed by atoms with Crippen molar-refractivity contribution in [1.29, 1.82) is 5.26 Å². The molecule has 0 unspecified atom stereocenters. The van der Waals surface area contributed by atoms with Crippen molar-refractivity contribution in [3.63, 3.8) is 0 Å². The Labute approximate surface area is 155 Å². The van der Waals surface area contributed by atoms with Crippen LogP contribution in [0, 0.1) is 17.1 Å². The van der Waals surface area contributed by atoms with Gasteiger partial charge in [-0.3, -0.25) is 4.72 Å². The molecule has 136 valence electrons. The topological polar surface area (TPSA) is 92.1 Å². The van der Waals surface area contributed by atoms with E-state index in [2.05, 4.69) is 9.71 Å². The molecule has 3 aromatic rings. The fraction of sp³-hybridized carbons (Fsp3) is 0.0526. The highest BCUT2D eigenvalue weighted by Crippen LogP contribution is 2.32. The van der Waals surface area contributed by atoms with Crippen LogP contribution in [0.25, 0.3) is 11.3 Å². The molecule has 0 aliphatic heterocycles. The van der Waals surface area contributed by atoms with Crippen LogP contribution in [-0.2, 0) is 10.0 Å². The Bertz CT molecular complexity index is 1110. The van der Waals surface area contributed by atoms with Gasteiger partial charge in [-0.25, -0.2) is 17.8 Å². The van der Waals surface area contributed by atoms with Gasteiger partial charge >= 0.3 is 0 Å². The number of halogens is 1. The summed E-state index contributed by atoms with van der Waals surface area (Å²) in [7, 11) is -2.56. The summed E-state index contributed by atoms with van der Waals surface area (Å²) in [6.07, 6.45) is 0. The van der Waals surface area contributed by atoms with E-state index in [0.29, 0.717) is 5.56 Å². The minimum Gasteiger partial charge on any atom is -0.480 e. The van der Waals surface area contributed by atoms with Crippen LogP contribution < -0.4 is 9.46 Å². The molecule has 0 aliphatic rings. The lowest BCUT2D eigenvalue weighted by molar-refractivity contribution is 0.397. The van der Waals surface area contributed by atoms with Gasteiger partial charge in [-0.2, -0.15) is 5.26 Å². The standard InChI is InChI=1S/C19H14FN3O3S/c1-26-19-14(12-21)11-17(18(22-19)13-7-9-15(20)10-8-13)23-27(24,25)16-5-3-2-4-6-16/h2-11,23H,1H3. The number of aromatic nitrogens is 1. The molecule has 0 bridgehead atoms. The van der Waals surface area contributed by atoms with Crippen LogP contribution in [0.5, 0.6) is 5.88 Å². The molecule has 0 atom stereocenters. The molecule has 0 spiro atoms. The van der Waals surface area contributed by atoms with Gasteiger partial charge in [0, 0.05) is 5.56 Å². The van der Waals surface area contributed by atoms with Crippen molar-refractivity contribution in [2.24, 2.45) is 0 Å². The monoisotopic (exact) mass is 383 g/mol. The average molecular weight is 383 g/mol. The van der Waals surface area contributed by atoms with E-state index in [-0.39, 0.29) is 27.7 Å². The summed E-state index contributed by atoms with van der Waals surface area (Å²) in [6.45, 7) is 0. The number of ether oxygens (including phenoxy) is 1. The summed E-state index contributed by atoms with van der Waals surface area (Å²) < 4.78 is 46.2. The van der Waals surface area contributed by atoms with Crippen molar-refractivity contribution < 1.29 is 17.5 Å². The van der Waals surface area contributed by atoms with Gasteiger partial charge in [0.1, 0.15) is 17.4 Å². The largest absolute Gasteiger partial charge is 0.480 e. The summed E-state index contributed by atoms with van der Waals surface area (Å²) in [5.74, 6) is -0.398. The van der Waals surface area contributed by atoms with Crippen molar-refractivity contribution in [2.45, 2.75) is 4.90 Å². The predicted molar refractivity (Wildman–Crippen MR) is 98.1 cm³/mol. The average Bonchev–Trinajstić information content (AvgIpc) is 2.69. The zero-order valence-corrected chi connectivity index (χ0v) is 15.0. The van der Waals surface area contributed by atoms with E-state index in [1.165, 1.54) is 49.6 Å². The number of rotatable bonds is 5. The molecular formula is C19H14FN3O3S. The summed E-state index contributed by atoms with van der Waals surface area (Å²) in [6, 6.07) is 16.4. The fourth-order valence-corrected chi connectivity index (χ4v) is 3.52. The first kappa shape index (κ1) is 18.4. The third kappa shape index (κ3) is 3.88. The number of nitrogens with one attached hydrogen (secondary N) is 1. The molecule has 6 nitrogen and oxygen atoms in total. The Kier molecular flexibility index (Phi) is 5.05. The molecule has 2 aromatic carbocycles. The van der Waals surface area contributed by atoms with E-state index in [9.17, 15) is 18.1 Å². The van der Waals surface area contributed by atoms with Gasteiger partial charge in [0.25, 0.3) is 10.0 Å². The molecule has 1 N–H and O–H groups in total. The molecule has 0 saturated carbocycles. The lowest BCUT2D eigenvalue weighted by Gasteiger charge is -2.14. The molecular weight excluding hydrogens is 369 g/mol.